The van der Waals surface area contributed by atoms with E-state index in [1.165, 1.54) is 11.3 Å². The quantitative estimate of drug-likeness (QED) is 0.543. The maximum atomic E-state index is 11.6. The number of anilines is 1. The Morgan fingerprint density at radius 1 is 1.17 bits per heavy atom. The fourth-order valence-corrected chi connectivity index (χ4v) is 3.42. The smallest absolute Gasteiger partial charge is 0.326 e. The van der Waals surface area contributed by atoms with E-state index in [4.69, 9.17) is 0 Å². The maximum Gasteiger partial charge on any atom is 0.326 e. The predicted molar refractivity (Wildman–Crippen MR) is 105 cm³/mol. The minimum absolute atomic E-state index is 0.409. The molecular weight excluding hydrogens is 435 g/mol. The van der Waals surface area contributed by atoms with Gasteiger partial charge >= 0.3 is 5.97 Å². The molecule has 0 bridgehead atoms. The maximum absolute atomic E-state index is 11.6. The van der Waals surface area contributed by atoms with Gasteiger partial charge in [-0.15, -0.1) is 11.3 Å². The molecule has 0 aliphatic carbocycles. The number of carboxylic acids is 1. The molecule has 0 saturated carbocycles. The van der Waals surface area contributed by atoms with Crippen molar-refractivity contribution in [3.8, 4) is 11.3 Å². The minimum Gasteiger partial charge on any atom is -0.480 e. The lowest BCUT2D eigenvalue weighted by molar-refractivity contribution is -0.137. The van der Waals surface area contributed by atoms with Gasteiger partial charge in [-0.2, -0.15) is 0 Å². The molecule has 0 aliphatic rings. The molecule has 1 atom stereocenters. The van der Waals surface area contributed by atoms with Gasteiger partial charge in [-0.3, -0.25) is 0 Å². The lowest BCUT2D eigenvalue weighted by atomic mass is 10.1. The Morgan fingerprint density at radius 2 is 1.88 bits per heavy atom. The monoisotopic (exact) mass is 450 g/mol. The lowest BCUT2D eigenvalue weighted by Gasteiger charge is -2.13. The van der Waals surface area contributed by atoms with E-state index >= 15 is 0 Å². The van der Waals surface area contributed by atoms with Gasteiger partial charge in [0.1, 0.15) is 6.04 Å². The molecule has 0 fully saturated rings. The van der Waals surface area contributed by atoms with E-state index in [0.717, 1.165) is 20.4 Å². The molecule has 6 heteroatoms. The van der Waals surface area contributed by atoms with Gasteiger partial charge in [-0.05, 0) is 40.3 Å². The standard InChI is InChI=1S/C18H15IN2O2S/c19-14-8-6-12(7-9-14)10-15(17(22)23)20-18-21-16(11-24-18)13-4-2-1-3-5-13/h1-9,11,15H,10H2,(H,20,21)(H,22,23). The third-order valence-corrected chi connectivity index (χ3v) is 5.02. The molecule has 122 valence electrons. The van der Waals surface area contributed by atoms with Crippen LogP contribution in [0.25, 0.3) is 11.3 Å². The summed E-state index contributed by atoms with van der Waals surface area (Å²) < 4.78 is 1.13. The molecule has 0 aliphatic heterocycles. The van der Waals surface area contributed by atoms with Crippen LogP contribution >= 0.6 is 33.9 Å². The van der Waals surface area contributed by atoms with E-state index in [1.807, 2.05) is 60.0 Å². The topological polar surface area (TPSA) is 62.2 Å². The van der Waals surface area contributed by atoms with Crippen molar-refractivity contribution in [2.45, 2.75) is 12.5 Å². The summed E-state index contributed by atoms with van der Waals surface area (Å²) in [5.41, 5.74) is 2.85. The third-order valence-electron chi connectivity index (χ3n) is 3.52. The zero-order valence-electron chi connectivity index (χ0n) is 12.6. The van der Waals surface area contributed by atoms with E-state index in [9.17, 15) is 9.90 Å². The Hall–Kier alpha value is -1.93. The number of benzene rings is 2. The molecule has 1 heterocycles. The summed E-state index contributed by atoms with van der Waals surface area (Å²) in [6, 6.07) is 17.0. The minimum atomic E-state index is -0.884. The van der Waals surface area contributed by atoms with Crippen LogP contribution in [0.1, 0.15) is 5.56 Å². The summed E-state index contributed by atoms with van der Waals surface area (Å²) >= 11 is 3.65. The molecule has 0 radical (unpaired) electrons. The summed E-state index contributed by atoms with van der Waals surface area (Å²) in [6.45, 7) is 0. The second-order valence-corrected chi connectivity index (χ2v) is 7.37. The second kappa shape index (κ2) is 7.76. The Balaban J connectivity index is 1.73. The highest BCUT2D eigenvalue weighted by Crippen LogP contribution is 2.25. The SMILES string of the molecule is O=C(O)C(Cc1ccc(I)cc1)Nc1nc(-c2ccccc2)cs1. The highest BCUT2D eigenvalue weighted by atomic mass is 127. The average molecular weight is 450 g/mol. The number of hydrogen-bond acceptors (Lipinski definition) is 4. The van der Waals surface area contributed by atoms with E-state index in [0.29, 0.717) is 11.6 Å². The van der Waals surface area contributed by atoms with E-state index < -0.39 is 12.0 Å². The average Bonchev–Trinajstić information content (AvgIpc) is 3.05. The first-order valence-corrected chi connectivity index (χ1v) is 9.32. The molecule has 0 spiro atoms. The van der Waals surface area contributed by atoms with E-state index in [-0.39, 0.29) is 0 Å². The van der Waals surface area contributed by atoms with Crippen LogP contribution in [0.2, 0.25) is 0 Å². The van der Waals surface area contributed by atoms with Crippen molar-refractivity contribution in [1.29, 1.82) is 0 Å². The van der Waals surface area contributed by atoms with E-state index in [2.05, 4.69) is 32.9 Å². The van der Waals surface area contributed by atoms with Crippen LogP contribution in [-0.2, 0) is 11.2 Å². The Morgan fingerprint density at radius 3 is 2.54 bits per heavy atom. The van der Waals surface area contributed by atoms with Gasteiger partial charge in [0.05, 0.1) is 5.69 Å². The zero-order chi connectivity index (χ0) is 16.9. The molecule has 0 amide bonds. The molecule has 4 nitrogen and oxygen atoms in total. The van der Waals surface area contributed by atoms with Crippen LogP contribution < -0.4 is 5.32 Å². The molecule has 1 unspecified atom stereocenters. The van der Waals surface area contributed by atoms with Crippen molar-refractivity contribution in [2.75, 3.05) is 5.32 Å². The van der Waals surface area contributed by atoms with Crippen LogP contribution in [0, 0.1) is 3.57 Å². The number of thiazole rings is 1. The van der Waals surface area contributed by atoms with Gasteiger partial charge in [0, 0.05) is 20.9 Å². The summed E-state index contributed by atoms with van der Waals surface area (Å²) in [4.78, 5) is 16.1. The highest BCUT2D eigenvalue weighted by Gasteiger charge is 2.19. The van der Waals surface area contributed by atoms with Crippen LogP contribution in [0.5, 0.6) is 0 Å². The Labute approximate surface area is 157 Å². The van der Waals surface area contributed by atoms with Gasteiger partial charge in [0.15, 0.2) is 5.13 Å². The first-order valence-electron chi connectivity index (χ1n) is 7.36. The number of nitrogens with zero attached hydrogens (tertiary/aromatic N) is 1. The van der Waals surface area contributed by atoms with Gasteiger partial charge in [-0.25, -0.2) is 9.78 Å². The van der Waals surface area contributed by atoms with Crippen molar-refractivity contribution in [1.82, 2.24) is 4.98 Å². The number of carbonyl (C=O) groups is 1. The number of aliphatic carboxylic acids is 1. The van der Waals surface area contributed by atoms with Crippen molar-refractivity contribution in [2.24, 2.45) is 0 Å². The summed E-state index contributed by atoms with van der Waals surface area (Å²) in [7, 11) is 0. The molecule has 0 saturated heterocycles. The van der Waals surface area contributed by atoms with Crippen LogP contribution in [-0.4, -0.2) is 22.1 Å². The molecule has 24 heavy (non-hydrogen) atoms. The molecular formula is C18H15IN2O2S. The highest BCUT2D eigenvalue weighted by molar-refractivity contribution is 14.1. The van der Waals surface area contributed by atoms with Crippen molar-refractivity contribution >= 4 is 45.0 Å². The number of nitrogens with one attached hydrogen (secondary N) is 1. The molecule has 2 N–H and O–H groups in total. The largest absolute Gasteiger partial charge is 0.480 e. The Bertz CT molecular complexity index is 819. The summed E-state index contributed by atoms with van der Waals surface area (Å²) in [5, 5.41) is 15.1. The molecule has 3 rings (SSSR count). The van der Waals surface area contributed by atoms with Gasteiger partial charge < -0.3 is 10.4 Å². The molecule has 3 aromatic rings. The molecule has 1 aromatic heterocycles. The zero-order valence-corrected chi connectivity index (χ0v) is 15.6. The third kappa shape index (κ3) is 4.33. The summed E-state index contributed by atoms with van der Waals surface area (Å²) in [5.74, 6) is -0.884. The number of rotatable bonds is 6. The molecule has 2 aromatic carbocycles. The van der Waals surface area contributed by atoms with Crippen LogP contribution in [0.15, 0.2) is 60.0 Å². The van der Waals surface area contributed by atoms with Crippen molar-refractivity contribution in [3.05, 3.63) is 69.1 Å². The Kier molecular flexibility index (Phi) is 5.47. The van der Waals surface area contributed by atoms with Crippen LogP contribution in [0.4, 0.5) is 5.13 Å². The van der Waals surface area contributed by atoms with Gasteiger partial charge in [0.25, 0.3) is 0 Å². The van der Waals surface area contributed by atoms with Crippen molar-refractivity contribution < 1.29 is 9.90 Å². The lowest BCUT2D eigenvalue weighted by Crippen LogP contribution is -2.31. The summed E-state index contributed by atoms with van der Waals surface area (Å²) in [6.07, 6.45) is 0.409. The predicted octanol–water partition coefficient (Wildman–Crippen LogP) is 4.52. The fourth-order valence-electron chi connectivity index (χ4n) is 2.29. The number of hydrogen-bond donors (Lipinski definition) is 2. The first-order chi connectivity index (χ1) is 11.6. The fraction of sp³-hybridized carbons (Fsp3) is 0.111. The van der Waals surface area contributed by atoms with Gasteiger partial charge in [-0.1, -0.05) is 42.5 Å². The van der Waals surface area contributed by atoms with Gasteiger partial charge in [0.2, 0.25) is 0 Å². The van der Waals surface area contributed by atoms with Crippen molar-refractivity contribution in [3.63, 3.8) is 0 Å². The number of aromatic nitrogens is 1. The van der Waals surface area contributed by atoms with Crippen LogP contribution in [0.3, 0.4) is 0 Å². The first kappa shape index (κ1) is 16.9. The van der Waals surface area contributed by atoms with E-state index in [1.54, 1.807) is 0 Å². The normalized spacial score (nSPS) is 11.9. The number of halogens is 1. The second-order valence-electron chi connectivity index (χ2n) is 5.27. The number of carboxylic acid groups (broad SMARTS) is 1.